The van der Waals surface area contributed by atoms with Crippen molar-refractivity contribution in [2.24, 2.45) is 5.92 Å². The number of fused-ring (bicyclic) bond motifs is 2. The van der Waals surface area contributed by atoms with E-state index >= 15 is 0 Å². The summed E-state index contributed by atoms with van der Waals surface area (Å²) in [6.07, 6.45) is 4.45. The van der Waals surface area contributed by atoms with E-state index in [0.717, 1.165) is 12.8 Å². The standard InChI is InChI=1S/C10H19NO/c1-7(2)10(12)5-8-3-4-9(6-10)11-8/h7-9,11-12H,3-6H2,1-2H3. The van der Waals surface area contributed by atoms with E-state index < -0.39 is 0 Å². The van der Waals surface area contributed by atoms with E-state index in [1.807, 2.05) is 0 Å². The Bertz CT molecular complexity index is 167. The molecule has 2 saturated heterocycles. The van der Waals surface area contributed by atoms with Crippen LogP contribution in [-0.4, -0.2) is 22.8 Å². The number of hydrogen-bond donors (Lipinski definition) is 2. The summed E-state index contributed by atoms with van der Waals surface area (Å²) in [7, 11) is 0. The summed E-state index contributed by atoms with van der Waals surface area (Å²) in [5.74, 6) is 0.405. The molecule has 0 aromatic heterocycles. The number of piperidine rings is 1. The molecule has 2 bridgehead atoms. The minimum Gasteiger partial charge on any atom is -0.390 e. The van der Waals surface area contributed by atoms with Crippen LogP contribution in [0, 0.1) is 5.92 Å². The van der Waals surface area contributed by atoms with Gasteiger partial charge in [0.05, 0.1) is 5.60 Å². The maximum absolute atomic E-state index is 10.3. The second kappa shape index (κ2) is 2.71. The summed E-state index contributed by atoms with van der Waals surface area (Å²) in [6.45, 7) is 4.26. The smallest absolute Gasteiger partial charge is 0.0700 e. The number of nitrogens with one attached hydrogen (secondary N) is 1. The average molecular weight is 169 g/mol. The van der Waals surface area contributed by atoms with Gasteiger partial charge in [0.25, 0.3) is 0 Å². The van der Waals surface area contributed by atoms with E-state index in [9.17, 15) is 5.11 Å². The molecule has 2 aliphatic heterocycles. The Morgan fingerprint density at radius 1 is 1.25 bits per heavy atom. The van der Waals surface area contributed by atoms with Crippen LogP contribution in [0.2, 0.25) is 0 Å². The van der Waals surface area contributed by atoms with Crippen LogP contribution in [0.1, 0.15) is 39.5 Å². The third kappa shape index (κ3) is 1.27. The molecule has 2 heteroatoms. The Morgan fingerprint density at radius 3 is 2.17 bits per heavy atom. The van der Waals surface area contributed by atoms with Crippen LogP contribution in [0.15, 0.2) is 0 Å². The van der Waals surface area contributed by atoms with E-state index in [4.69, 9.17) is 0 Å². The lowest BCUT2D eigenvalue weighted by molar-refractivity contribution is -0.0457. The van der Waals surface area contributed by atoms with E-state index in [2.05, 4.69) is 19.2 Å². The van der Waals surface area contributed by atoms with Crippen molar-refractivity contribution in [3.8, 4) is 0 Å². The molecule has 0 spiro atoms. The molecule has 2 fully saturated rings. The van der Waals surface area contributed by atoms with Crippen molar-refractivity contribution in [1.82, 2.24) is 5.32 Å². The molecule has 0 saturated carbocycles. The normalized spacial score (nSPS) is 47.0. The SMILES string of the molecule is CC(C)C1(O)CC2CCC(C1)N2. The number of aliphatic hydroxyl groups is 1. The summed E-state index contributed by atoms with van der Waals surface area (Å²) < 4.78 is 0. The summed E-state index contributed by atoms with van der Waals surface area (Å²) >= 11 is 0. The highest BCUT2D eigenvalue weighted by atomic mass is 16.3. The monoisotopic (exact) mass is 169 g/mol. The van der Waals surface area contributed by atoms with Crippen LogP contribution >= 0.6 is 0 Å². The molecule has 0 aromatic rings. The molecular formula is C10H19NO. The van der Waals surface area contributed by atoms with Crippen molar-refractivity contribution in [3.63, 3.8) is 0 Å². The van der Waals surface area contributed by atoms with Crippen LogP contribution < -0.4 is 5.32 Å². The Balaban J connectivity index is 2.10. The van der Waals surface area contributed by atoms with Gasteiger partial charge in [0.1, 0.15) is 0 Å². The van der Waals surface area contributed by atoms with Gasteiger partial charge >= 0.3 is 0 Å². The highest BCUT2D eigenvalue weighted by molar-refractivity contribution is 5.00. The Labute approximate surface area is 74.4 Å². The summed E-state index contributed by atoms with van der Waals surface area (Å²) in [5, 5.41) is 13.8. The highest BCUT2D eigenvalue weighted by Crippen LogP contribution is 2.38. The van der Waals surface area contributed by atoms with Gasteiger partial charge in [0.2, 0.25) is 0 Å². The lowest BCUT2D eigenvalue weighted by Crippen LogP contribution is -2.51. The molecule has 0 aliphatic carbocycles. The maximum atomic E-state index is 10.3. The molecule has 2 atom stereocenters. The van der Waals surface area contributed by atoms with Crippen LogP contribution in [-0.2, 0) is 0 Å². The van der Waals surface area contributed by atoms with Gasteiger partial charge in [-0.15, -0.1) is 0 Å². The molecule has 2 rings (SSSR count). The summed E-state index contributed by atoms with van der Waals surface area (Å²) in [5.41, 5.74) is -0.378. The second-order valence-corrected chi connectivity index (χ2v) is 4.80. The molecule has 12 heavy (non-hydrogen) atoms. The topological polar surface area (TPSA) is 32.3 Å². The molecule has 0 radical (unpaired) electrons. The molecule has 70 valence electrons. The van der Waals surface area contributed by atoms with E-state index in [0.29, 0.717) is 18.0 Å². The van der Waals surface area contributed by atoms with Crippen LogP contribution in [0.5, 0.6) is 0 Å². The minimum absolute atomic E-state index is 0.378. The van der Waals surface area contributed by atoms with Gasteiger partial charge in [0, 0.05) is 12.1 Å². The lowest BCUT2D eigenvalue weighted by Gasteiger charge is -2.40. The van der Waals surface area contributed by atoms with Gasteiger partial charge in [-0.25, -0.2) is 0 Å². The lowest BCUT2D eigenvalue weighted by atomic mass is 9.79. The third-order valence-corrected chi connectivity index (χ3v) is 3.61. The highest BCUT2D eigenvalue weighted by Gasteiger charge is 2.43. The molecule has 0 amide bonds. The molecule has 2 aliphatic rings. The summed E-state index contributed by atoms with van der Waals surface area (Å²) in [4.78, 5) is 0. The fraction of sp³-hybridized carbons (Fsp3) is 1.00. The van der Waals surface area contributed by atoms with Crippen molar-refractivity contribution in [2.75, 3.05) is 0 Å². The Morgan fingerprint density at radius 2 is 1.75 bits per heavy atom. The zero-order chi connectivity index (χ0) is 8.77. The van der Waals surface area contributed by atoms with Crippen molar-refractivity contribution >= 4 is 0 Å². The van der Waals surface area contributed by atoms with Crippen molar-refractivity contribution in [1.29, 1.82) is 0 Å². The number of rotatable bonds is 1. The molecule has 0 aromatic carbocycles. The Hall–Kier alpha value is -0.0800. The maximum Gasteiger partial charge on any atom is 0.0700 e. The van der Waals surface area contributed by atoms with Crippen molar-refractivity contribution in [2.45, 2.75) is 57.2 Å². The number of hydrogen-bond acceptors (Lipinski definition) is 2. The largest absolute Gasteiger partial charge is 0.390 e. The fourth-order valence-corrected chi connectivity index (χ4v) is 2.63. The van der Waals surface area contributed by atoms with Crippen LogP contribution in [0.25, 0.3) is 0 Å². The van der Waals surface area contributed by atoms with Gasteiger partial charge < -0.3 is 10.4 Å². The Kier molecular flexibility index (Phi) is 1.92. The van der Waals surface area contributed by atoms with E-state index in [-0.39, 0.29) is 5.60 Å². The van der Waals surface area contributed by atoms with Gasteiger partial charge in [-0.3, -0.25) is 0 Å². The molecule has 2 heterocycles. The zero-order valence-corrected chi connectivity index (χ0v) is 8.01. The van der Waals surface area contributed by atoms with Crippen molar-refractivity contribution < 1.29 is 5.11 Å². The second-order valence-electron chi connectivity index (χ2n) is 4.80. The molecule has 2 N–H and O–H groups in total. The van der Waals surface area contributed by atoms with Crippen molar-refractivity contribution in [3.05, 3.63) is 0 Å². The predicted molar refractivity (Wildman–Crippen MR) is 49.0 cm³/mol. The van der Waals surface area contributed by atoms with E-state index in [1.165, 1.54) is 12.8 Å². The molecule has 2 unspecified atom stereocenters. The first-order valence-corrected chi connectivity index (χ1v) is 5.08. The van der Waals surface area contributed by atoms with E-state index in [1.54, 1.807) is 0 Å². The van der Waals surface area contributed by atoms with Crippen LogP contribution in [0.4, 0.5) is 0 Å². The zero-order valence-electron chi connectivity index (χ0n) is 8.01. The molecule has 2 nitrogen and oxygen atoms in total. The summed E-state index contributed by atoms with van der Waals surface area (Å²) in [6, 6.07) is 1.19. The van der Waals surface area contributed by atoms with Gasteiger partial charge in [-0.1, -0.05) is 13.8 Å². The fourth-order valence-electron chi connectivity index (χ4n) is 2.63. The first-order valence-electron chi connectivity index (χ1n) is 5.08. The first kappa shape index (κ1) is 8.52. The average Bonchev–Trinajstić information content (AvgIpc) is 2.30. The van der Waals surface area contributed by atoms with Gasteiger partial charge in [-0.05, 0) is 31.6 Å². The van der Waals surface area contributed by atoms with Gasteiger partial charge in [0.15, 0.2) is 0 Å². The quantitative estimate of drug-likeness (QED) is 0.620. The van der Waals surface area contributed by atoms with Gasteiger partial charge in [-0.2, -0.15) is 0 Å². The van der Waals surface area contributed by atoms with Crippen LogP contribution in [0.3, 0.4) is 0 Å². The minimum atomic E-state index is -0.378. The predicted octanol–water partition coefficient (Wildman–Crippen LogP) is 1.29. The third-order valence-electron chi connectivity index (χ3n) is 3.61. The molecular weight excluding hydrogens is 150 g/mol. The first-order chi connectivity index (χ1) is 5.60.